The highest BCUT2D eigenvalue weighted by Gasteiger charge is 2.34. The summed E-state index contributed by atoms with van der Waals surface area (Å²) in [6, 6.07) is 6.36. The maximum absolute atomic E-state index is 12.7. The number of amides is 1. The molecule has 140 valence electrons. The lowest BCUT2D eigenvalue weighted by atomic mass is 9.95. The third-order valence-electron chi connectivity index (χ3n) is 4.82. The van der Waals surface area contributed by atoms with Crippen LogP contribution in [0.1, 0.15) is 37.8 Å². The Morgan fingerprint density at radius 3 is 2.85 bits per heavy atom. The van der Waals surface area contributed by atoms with E-state index in [9.17, 15) is 18.5 Å². The van der Waals surface area contributed by atoms with Gasteiger partial charge >= 0.3 is 0 Å². The van der Waals surface area contributed by atoms with E-state index in [1.807, 2.05) is 0 Å². The largest absolute Gasteiger partial charge is 0.325 e. The highest BCUT2D eigenvalue weighted by Crippen LogP contribution is 2.24. The summed E-state index contributed by atoms with van der Waals surface area (Å²) in [5.74, 6) is -0.0436. The number of benzene rings is 1. The molecule has 2 aliphatic rings. The van der Waals surface area contributed by atoms with Crippen LogP contribution in [0.2, 0.25) is 0 Å². The standard InChI is InChI=1S/C18H24N4O3S/c1-12(2)21-26(24,25)16-6-5-13-9-17(20-11-14(13)8-16)18(23)22-7-3-4-15(22)10-19/h5-6,8,12,15,17,20-21H,3-4,7,9,11H2,1-2H3/t15-,17?/m0/s1. The molecule has 1 fully saturated rings. The van der Waals surface area contributed by atoms with E-state index in [1.54, 1.807) is 36.9 Å². The molecular formula is C18H24N4O3S. The summed E-state index contributed by atoms with van der Waals surface area (Å²) < 4.78 is 27.2. The fourth-order valence-corrected chi connectivity index (χ4v) is 4.88. The molecular weight excluding hydrogens is 352 g/mol. The first-order valence-corrected chi connectivity index (χ1v) is 10.4. The molecule has 1 saturated heterocycles. The predicted octanol–water partition coefficient (Wildman–Crippen LogP) is 0.902. The summed E-state index contributed by atoms with van der Waals surface area (Å²) in [6.07, 6.45) is 2.09. The van der Waals surface area contributed by atoms with Crippen molar-refractivity contribution in [1.29, 1.82) is 5.26 Å². The van der Waals surface area contributed by atoms with Gasteiger partial charge in [0.05, 0.1) is 17.0 Å². The van der Waals surface area contributed by atoms with Crippen molar-refractivity contribution in [1.82, 2.24) is 14.9 Å². The predicted molar refractivity (Wildman–Crippen MR) is 96.6 cm³/mol. The number of carbonyl (C=O) groups is 1. The van der Waals surface area contributed by atoms with Gasteiger partial charge in [0, 0.05) is 19.1 Å². The van der Waals surface area contributed by atoms with E-state index in [0.29, 0.717) is 19.5 Å². The van der Waals surface area contributed by atoms with Crippen molar-refractivity contribution in [2.45, 2.75) is 62.7 Å². The van der Waals surface area contributed by atoms with Crippen molar-refractivity contribution in [3.63, 3.8) is 0 Å². The topological polar surface area (TPSA) is 102 Å². The van der Waals surface area contributed by atoms with Crippen LogP contribution in [-0.4, -0.2) is 43.9 Å². The second kappa shape index (κ2) is 7.35. The average Bonchev–Trinajstić information content (AvgIpc) is 3.07. The van der Waals surface area contributed by atoms with E-state index in [-0.39, 0.29) is 28.9 Å². The second-order valence-electron chi connectivity index (χ2n) is 7.16. The van der Waals surface area contributed by atoms with Crippen LogP contribution in [0.5, 0.6) is 0 Å². The van der Waals surface area contributed by atoms with Crippen LogP contribution >= 0.6 is 0 Å². The number of carbonyl (C=O) groups excluding carboxylic acids is 1. The molecule has 1 aromatic rings. The molecule has 0 aromatic heterocycles. The molecule has 2 heterocycles. The molecule has 8 heteroatoms. The Morgan fingerprint density at radius 1 is 1.38 bits per heavy atom. The molecule has 0 saturated carbocycles. The Labute approximate surface area is 154 Å². The van der Waals surface area contributed by atoms with E-state index < -0.39 is 10.0 Å². The van der Waals surface area contributed by atoms with Gasteiger partial charge in [0.25, 0.3) is 0 Å². The molecule has 0 radical (unpaired) electrons. The first-order valence-electron chi connectivity index (χ1n) is 8.89. The van der Waals surface area contributed by atoms with Crippen LogP contribution in [-0.2, 0) is 27.8 Å². The highest BCUT2D eigenvalue weighted by atomic mass is 32.2. The second-order valence-corrected chi connectivity index (χ2v) is 8.88. The SMILES string of the molecule is CC(C)NS(=O)(=O)c1ccc2c(c1)CNC(C(=O)N1CCC[C@H]1C#N)C2. The van der Waals surface area contributed by atoms with Crippen LogP contribution in [0, 0.1) is 11.3 Å². The van der Waals surface area contributed by atoms with Gasteiger partial charge in [0.2, 0.25) is 15.9 Å². The maximum atomic E-state index is 12.7. The molecule has 0 aliphatic carbocycles. The third kappa shape index (κ3) is 3.75. The zero-order valence-electron chi connectivity index (χ0n) is 15.0. The van der Waals surface area contributed by atoms with Gasteiger partial charge in [-0.05, 0) is 56.4 Å². The number of hydrogen-bond acceptors (Lipinski definition) is 5. The molecule has 1 unspecified atom stereocenters. The Bertz CT molecular complexity index is 844. The lowest BCUT2D eigenvalue weighted by molar-refractivity contribution is -0.133. The van der Waals surface area contributed by atoms with Gasteiger partial charge in [-0.3, -0.25) is 4.79 Å². The smallest absolute Gasteiger partial charge is 0.241 e. The van der Waals surface area contributed by atoms with Crippen molar-refractivity contribution in [3.8, 4) is 6.07 Å². The van der Waals surface area contributed by atoms with Gasteiger partial charge < -0.3 is 10.2 Å². The Kier molecular flexibility index (Phi) is 5.32. The number of nitriles is 1. The minimum absolute atomic E-state index is 0.0436. The molecule has 1 aromatic carbocycles. The van der Waals surface area contributed by atoms with Gasteiger partial charge in [-0.2, -0.15) is 5.26 Å². The van der Waals surface area contributed by atoms with Gasteiger partial charge in [-0.25, -0.2) is 13.1 Å². The van der Waals surface area contributed by atoms with E-state index in [1.165, 1.54) is 0 Å². The third-order valence-corrected chi connectivity index (χ3v) is 6.48. The Balaban J connectivity index is 1.76. The summed E-state index contributed by atoms with van der Waals surface area (Å²) in [5, 5.41) is 12.4. The molecule has 0 bridgehead atoms. The summed E-state index contributed by atoms with van der Waals surface area (Å²) in [5.41, 5.74) is 1.86. The normalized spacial score (nSPS) is 22.9. The fourth-order valence-electron chi connectivity index (χ4n) is 3.58. The first kappa shape index (κ1) is 18.8. The van der Waals surface area contributed by atoms with Crippen LogP contribution < -0.4 is 10.0 Å². The molecule has 2 N–H and O–H groups in total. The maximum Gasteiger partial charge on any atom is 0.241 e. The van der Waals surface area contributed by atoms with Crippen molar-refractivity contribution in [2.24, 2.45) is 0 Å². The Hall–Kier alpha value is -1.95. The average molecular weight is 376 g/mol. The lowest BCUT2D eigenvalue weighted by Crippen LogP contribution is -2.50. The molecule has 2 aliphatic heterocycles. The number of nitrogens with zero attached hydrogens (tertiary/aromatic N) is 2. The van der Waals surface area contributed by atoms with Crippen molar-refractivity contribution in [3.05, 3.63) is 29.3 Å². The molecule has 1 amide bonds. The van der Waals surface area contributed by atoms with E-state index >= 15 is 0 Å². The van der Waals surface area contributed by atoms with Gasteiger partial charge in [-0.1, -0.05) is 6.07 Å². The Morgan fingerprint density at radius 2 is 2.15 bits per heavy atom. The van der Waals surface area contributed by atoms with E-state index in [4.69, 9.17) is 0 Å². The summed E-state index contributed by atoms with van der Waals surface area (Å²) in [7, 11) is -3.54. The van der Waals surface area contributed by atoms with E-state index in [0.717, 1.165) is 24.0 Å². The zero-order valence-corrected chi connectivity index (χ0v) is 15.8. The number of likely N-dealkylation sites (tertiary alicyclic amines) is 1. The number of hydrogen-bond donors (Lipinski definition) is 2. The molecule has 0 spiro atoms. The lowest BCUT2D eigenvalue weighted by Gasteiger charge is -2.30. The number of nitrogens with one attached hydrogen (secondary N) is 2. The van der Waals surface area contributed by atoms with Crippen LogP contribution in [0.4, 0.5) is 0 Å². The van der Waals surface area contributed by atoms with Gasteiger partial charge in [-0.15, -0.1) is 0 Å². The van der Waals surface area contributed by atoms with Crippen LogP contribution in [0.25, 0.3) is 0 Å². The summed E-state index contributed by atoms with van der Waals surface area (Å²) in [6.45, 7) is 4.61. The monoisotopic (exact) mass is 376 g/mol. The zero-order chi connectivity index (χ0) is 18.9. The minimum Gasteiger partial charge on any atom is -0.325 e. The highest BCUT2D eigenvalue weighted by molar-refractivity contribution is 7.89. The fraction of sp³-hybridized carbons (Fsp3) is 0.556. The summed E-state index contributed by atoms with van der Waals surface area (Å²) in [4.78, 5) is 14.6. The number of rotatable bonds is 4. The van der Waals surface area contributed by atoms with Crippen molar-refractivity contribution < 1.29 is 13.2 Å². The van der Waals surface area contributed by atoms with Crippen LogP contribution in [0.15, 0.2) is 23.1 Å². The number of sulfonamides is 1. The minimum atomic E-state index is -3.54. The molecule has 7 nitrogen and oxygen atoms in total. The van der Waals surface area contributed by atoms with Crippen LogP contribution in [0.3, 0.4) is 0 Å². The van der Waals surface area contributed by atoms with Crippen molar-refractivity contribution in [2.75, 3.05) is 6.54 Å². The molecule has 3 rings (SSSR count). The number of fused-ring (bicyclic) bond motifs is 1. The van der Waals surface area contributed by atoms with Gasteiger partial charge in [0.1, 0.15) is 6.04 Å². The summed E-state index contributed by atoms with van der Waals surface area (Å²) >= 11 is 0. The first-order chi connectivity index (χ1) is 12.3. The van der Waals surface area contributed by atoms with E-state index in [2.05, 4.69) is 16.1 Å². The molecule has 2 atom stereocenters. The van der Waals surface area contributed by atoms with Crippen molar-refractivity contribution >= 4 is 15.9 Å². The quantitative estimate of drug-likeness (QED) is 0.813. The van der Waals surface area contributed by atoms with Gasteiger partial charge in [0.15, 0.2) is 0 Å². The molecule has 26 heavy (non-hydrogen) atoms.